The summed E-state index contributed by atoms with van der Waals surface area (Å²) in [5.74, 6) is -4.74. The van der Waals surface area contributed by atoms with E-state index in [1.54, 1.807) is 0 Å². The quantitative estimate of drug-likeness (QED) is 0.367. The summed E-state index contributed by atoms with van der Waals surface area (Å²) in [5, 5.41) is 8.67. The third-order valence-corrected chi connectivity index (χ3v) is 1.75. The Balaban J connectivity index is 2.85. The van der Waals surface area contributed by atoms with Crippen LogP contribution in [-0.2, 0) is 33.7 Å². The number of carboxylic acids is 1. The maximum absolute atomic E-state index is 11.3. The number of hydrogen-bond acceptors (Lipinski definition) is 7. The second-order valence-electron chi connectivity index (χ2n) is 3.13. The smallest absolute Gasteiger partial charge is 0.360 e. The Morgan fingerprint density at radius 2 is 1.82 bits per heavy atom. The van der Waals surface area contributed by atoms with Gasteiger partial charge in [-0.15, -0.1) is 0 Å². The van der Waals surface area contributed by atoms with E-state index < -0.39 is 42.8 Å². The van der Waals surface area contributed by atoms with Crippen LogP contribution in [0.25, 0.3) is 0 Å². The van der Waals surface area contributed by atoms with Gasteiger partial charge in [-0.25, -0.2) is 29.0 Å². The van der Waals surface area contributed by atoms with E-state index in [4.69, 9.17) is 5.11 Å². The molecular weight excluding hydrogens is 236 g/mol. The molecule has 1 aliphatic rings. The molecular formula is C9H8O8. The number of carboxylic acid groups (broad SMARTS) is 1. The molecule has 0 saturated carbocycles. The van der Waals surface area contributed by atoms with Crippen LogP contribution < -0.4 is 0 Å². The number of cyclic esters (lactones) is 1. The molecule has 0 aromatic heterocycles. The van der Waals surface area contributed by atoms with Crippen LogP contribution in [-0.4, -0.2) is 35.1 Å². The largest absolute Gasteiger partial charge is 0.478 e. The lowest BCUT2D eigenvalue weighted by atomic mass is 10.2. The van der Waals surface area contributed by atoms with Crippen molar-refractivity contribution in [1.29, 1.82) is 0 Å². The normalized spacial score (nSPS) is 22.2. The van der Waals surface area contributed by atoms with Gasteiger partial charge in [0.15, 0.2) is 0 Å². The summed E-state index contributed by atoms with van der Waals surface area (Å²) in [4.78, 5) is 51.9. The van der Waals surface area contributed by atoms with Crippen molar-refractivity contribution in [3.63, 3.8) is 0 Å². The highest BCUT2D eigenvalue weighted by molar-refractivity contribution is 5.95. The molecule has 0 aromatic carbocycles. The molecule has 8 heteroatoms. The molecule has 0 amide bonds. The Labute approximate surface area is 94.7 Å². The Kier molecular flexibility index (Phi) is 3.81. The first kappa shape index (κ1) is 12.7. The van der Waals surface area contributed by atoms with E-state index in [2.05, 4.69) is 21.1 Å². The van der Waals surface area contributed by atoms with E-state index in [-0.39, 0.29) is 5.57 Å². The summed E-state index contributed by atoms with van der Waals surface area (Å²) >= 11 is 0. The minimum absolute atomic E-state index is 0.292. The van der Waals surface area contributed by atoms with Crippen LogP contribution in [0.3, 0.4) is 0 Å². The molecule has 92 valence electrons. The van der Waals surface area contributed by atoms with Crippen molar-refractivity contribution >= 4 is 23.9 Å². The van der Waals surface area contributed by atoms with Gasteiger partial charge in [-0.05, 0) is 0 Å². The van der Waals surface area contributed by atoms with Gasteiger partial charge >= 0.3 is 23.9 Å². The van der Waals surface area contributed by atoms with Gasteiger partial charge in [0.1, 0.15) is 0 Å². The summed E-state index contributed by atoms with van der Waals surface area (Å²) in [7, 11) is 0. The Morgan fingerprint density at radius 3 is 2.41 bits per heavy atom. The van der Waals surface area contributed by atoms with Crippen LogP contribution in [0.4, 0.5) is 0 Å². The SMILES string of the molecule is C=C1CC(=O)OOC(=O)CC(C(=O)O)OC1=O. The van der Waals surface area contributed by atoms with E-state index in [0.29, 0.717) is 0 Å². The average molecular weight is 244 g/mol. The predicted octanol–water partition coefficient (Wildman–Crippen LogP) is -0.666. The van der Waals surface area contributed by atoms with Gasteiger partial charge in [0.2, 0.25) is 6.10 Å². The summed E-state index contributed by atoms with van der Waals surface area (Å²) in [6.45, 7) is 3.22. The lowest BCUT2D eigenvalue weighted by molar-refractivity contribution is -0.260. The van der Waals surface area contributed by atoms with Crippen LogP contribution in [0.15, 0.2) is 12.2 Å². The zero-order valence-corrected chi connectivity index (χ0v) is 8.50. The van der Waals surface area contributed by atoms with E-state index in [0.717, 1.165) is 0 Å². The molecule has 17 heavy (non-hydrogen) atoms. The standard InChI is InChI=1S/C9H8O8/c1-4-2-6(10)16-17-7(11)3-5(8(12)13)15-9(4)14/h5H,1-3H2,(H,12,13). The van der Waals surface area contributed by atoms with Crippen molar-refractivity contribution in [2.45, 2.75) is 18.9 Å². The monoisotopic (exact) mass is 244 g/mol. The minimum Gasteiger partial charge on any atom is -0.478 e. The van der Waals surface area contributed by atoms with Crippen molar-refractivity contribution in [3.05, 3.63) is 12.2 Å². The molecule has 1 saturated heterocycles. The molecule has 0 radical (unpaired) electrons. The molecule has 0 aromatic rings. The maximum Gasteiger partial charge on any atom is 0.360 e. The topological polar surface area (TPSA) is 116 Å². The van der Waals surface area contributed by atoms with E-state index in [1.807, 2.05) is 0 Å². The number of rotatable bonds is 1. The Hall–Kier alpha value is -2.38. The molecule has 1 unspecified atom stereocenters. The number of ether oxygens (including phenoxy) is 1. The third kappa shape index (κ3) is 3.59. The van der Waals surface area contributed by atoms with Crippen LogP contribution in [0.5, 0.6) is 0 Å². The molecule has 0 bridgehead atoms. The molecule has 0 spiro atoms. The van der Waals surface area contributed by atoms with E-state index in [1.165, 1.54) is 0 Å². The fourth-order valence-electron chi connectivity index (χ4n) is 0.946. The van der Waals surface area contributed by atoms with E-state index in [9.17, 15) is 19.2 Å². The molecule has 0 aliphatic carbocycles. The molecule has 1 rings (SSSR count). The van der Waals surface area contributed by atoms with Crippen molar-refractivity contribution in [1.82, 2.24) is 0 Å². The average Bonchev–Trinajstić information content (AvgIpc) is 2.24. The molecule has 8 nitrogen and oxygen atoms in total. The number of carbonyl (C=O) groups excluding carboxylic acids is 3. The highest BCUT2D eigenvalue weighted by atomic mass is 17.2. The first-order chi connectivity index (χ1) is 7.90. The predicted molar refractivity (Wildman–Crippen MR) is 48.1 cm³/mol. The second kappa shape index (κ2) is 5.10. The van der Waals surface area contributed by atoms with Crippen molar-refractivity contribution in [3.8, 4) is 0 Å². The maximum atomic E-state index is 11.3. The fraction of sp³-hybridized carbons (Fsp3) is 0.333. The zero-order chi connectivity index (χ0) is 13.0. The van der Waals surface area contributed by atoms with Crippen LogP contribution in [0.2, 0.25) is 0 Å². The minimum atomic E-state index is -1.71. The van der Waals surface area contributed by atoms with Gasteiger partial charge in [0.25, 0.3) is 0 Å². The fourth-order valence-corrected chi connectivity index (χ4v) is 0.946. The number of aliphatic carboxylic acids is 1. The van der Waals surface area contributed by atoms with Gasteiger partial charge in [0.05, 0.1) is 12.8 Å². The van der Waals surface area contributed by atoms with Gasteiger partial charge in [-0.3, -0.25) is 0 Å². The molecule has 1 aliphatic heterocycles. The molecule has 1 N–H and O–H groups in total. The van der Waals surface area contributed by atoms with Gasteiger partial charge in [-0.1, -0.05) is 6.58 Å². The highest BCUT2D eigenvalue weighted by Gasteiger charge is 2.30. The van der Waals surface area contributed by atoms with Gasteiger partial charge < -0.3 is 9.84 Å². The van der Waals surface area contributed by atoms with Gasteiger partial charge in [0, 0.05) is 5.57 Å². The second-order valence-corrected chi connectivity index (χ2v) is 3.13. The summed E-state index contributed by atoms with van der Waals surface area (Å²) in [5.41, 5.74) is -0.292. The summed E-state index contributed by atoms with van der Waals surface area (Å²) < 4.78 is 4.47. The van der Waals surface area contributed by atoms with Crippen molar-refractivity contribution in [2.24, 2.45) is 0 Å². The lowest BCUT2D eigenvalue weighted by Crippen LogP contribution is -2.32. The first-order valence-electron chi connectivity index (χ1n) is 4.42. The van der Waals surface area contributed by atoms with Crippen LogP contribution >= 0.6 is 0 Å². The third-order valence-electron chi connectivity index (χ3n) is 1.75. The number of carbonyl (C=O) groups is 4. The first-order valence-corrected chi connectivity index (χ1v) is 4.42. The highest BCUT2D eigenvalue weighted by Crippen LogP contribution is 2.11. The van der Waals surface area contributed by atoms with E-state index >= 15 is 0 Å². The Bertz CT molecular complexity index is 396. The summed E-state index contributed by atoms with van der Waals surface area (Å²) in [6, 6.07) is 0. The Morgan fingerprint density at radius 1 is 1.24 bits per heavy atom. The molecule has 1 atom stereocenters. The van der Waals surface area contributed by atoms with Crippen molar-refractivity contribution in [2.75, 3.05) is 0 Å². The number of esters is 1. The van der Waals surface area contributed by atoms with Crippen LogP contribution in [0, 0.1) is 0 Å². The molecule has 1 heterocycles. The molecule has 1 fully saturated rings. The zero-order valence-electron chi connectivity index (χ0n) is 8.50. The lowest BCUT2D eigenvalue weighted by Gasteiger charge is -2.15. The summed E-state index contributed by atoms with van der Waals surface area (Å²) in [6.07, 6.45) is -3.02. The van der Waals surface area contributed by atoms with Crippen LogP contribution in [0.1, 0.15) is 12.8 Å². The van der Waals surface area contributed by atoms with Gasteiger partial charge in [-0.2, -0.15) is 0 Å². The number of hydrogen-bond donors (Lipinski definition) is 1. The van der Waals surface area contributed by atoms with Crippen molar-refractivity contribution < 1.29 is 38.8 Å².